The zero-order valence-electron chi connectivity index (χ0n) is 12.7. The monoisotopic (exact) mass is 256 g/mol. The largest absolute Gasteiger partial charge is 0.383 e. The molecule has 0 amide bonds. The Kier molecular flexibility index (Phi) is 3.34. The molecule has 0 heterocycles. The molecule has 1 fully saturated rings. The predicted molar refractivity (Wildman–Crippen MR) is 80.4 cm³/mol. The Bertz CT molecular complexity index is 502. The van der Waals surface area contributed by atoms with Gasteiger partial charge in [0.15, 0.2) is 0 Å². The van der Waals surface area contributed by atoms with Crippen LogP contribution in [0.1, 0.15) is 50.3 Å². The minimum atomic E-state index is -0.0957. The number of rotatable bonds is 3. The predicted octanol–water partition coefficient (Wildman–Crippen LogP) is 4.32. The van der Waals surface area contributed by atoms with Gasteiger partial charge in [-0.1, -0.05) is 32.9 Å². The highest BCUT2D eigenvalue weighted by molar-refractivity contribution is 5.59. The maximum atomic E-state index is 9.13. The average molecular weight is 256 g/mol. The summed E-state index contributed by atoms with van der Waals surface area (Å²) in [6, 6.07) is 6.97. The van der Waals surface area contributed by atoms with Gasteiger partial charge in [-0.2, -0.15) is 5.26 Å². The van der Waals surface area contributed by atoms with Crippen molar-refractivity contribution in [1.29, 1.82) is 5.26 Å². The van der Waals surface area contributed by atoms with Crippen molar-refractivity contribution < 1.29 is 0 Å². The van der Waals surface area contributed by atoms with Crippen LogP contribution in [0.25, 0.3) is 0 Å². The summed E-state index contributed by atoms with van der Waals surface area (Å²) in [4.78, 5) is 0. The lowest BCUT2D eigenvalue weighted by Gasteiger charge is -2.23. The first kappa shape index (κ1) is 13.9. The fraction of sp³-hybridized carbons (Fsp3) is 0.588. The van der Waals surface area contributed by atoms with Gasteiger partial charge in [-0.25, -0.2) is 0 Å². The van der Waals surface area contributed by atoms with Crippen molar-refractivity contribution in [3.63, 3.8) is 0 Å². The Morgan fingerprint density at radius 2 is 1.74 bits per heavy atom. The lowest BCUT2D eigenvalue weighted by atomic mass is 9.84. The minimum Gasteiger partial charge on any atom is -0.383 e. The molecule has 0 atom stereocenters. The van der Waals surface area contributed by atoms with E-state index in [1.54, 1.807) is 0 Å². The Labute approximate surface area is 116 Å². The van der Waals surface area contributed by atoms with Crippen molar-refractivity contribution in [1.82, 2.24) is 0 Å². The number of nitrogens with one attached hydrogen (secondary N) is 1. The molecule has 1 aliphatic carbocycles. The second-order valence-electron chi connectivity index (χ2n) is 6.98. The van der Waals surface area contributed by atoms with E-state index in [-0.39, 0.29) is 10.8 Å². The lowest BCUT2D eigenvalue weighted by molar-refractivity contribution is 0.589. The van der Waals surface area contributed by atoms with Gasteiger partial charge in [-0.15, -0.1) is 0 Å². The highest BCUT2D eigenvalue weighted by atomic mass is 14.9. The summed E-state index contributed by atoms with van der Waals surface area (Å²) in [7, 11) is 0. The molecule has 1 saturated carbocycles. The Morgan fingerprint density at radius 1 is 1.21 bits per heavy atom. The number of aryl methyl sites for hydroxylation is 2. The van der Waals surface area contributed by atoms with Gasteiger partial charge >= 0.3 is 0 Å². The Morgan fingerprint density at radius 3 is 2.11 bits per heavy atom. The van der Waals surface area contributed by atoms with Gasteiger partial charge in [0, 0.05) is 12.2 Å². The van der Waals surface area contributed by atoms with Gasteiger partial charge in [-0.3, -0.25) is 0 Å². The van der Waals surface area contributed by atoms with Crippen molar-refractivity contribution in [3.8, 4) is 6.07 Å². The molecule has 1 aliphatic rings. The Balaban J connectivity index is 2.21. The number of hydrogen-bond donors (Lipinski definition) is 1. The summed E-state index contributed by atoms with van der Waals surface area (Å²) in [6.45, 7) is 11.8. The zero-order chi connectivity index (χ0) is 14.3. The van der Waals surface area contributed by atoms with Crippen LogP contribution in [0.4, 0.5) is 5.69 Å². The number of benzene rings is 1. The minimum absolute atomic E-state index is 0.0957. The van der Waals surface area contributed by atoms with E-state index in [1.807, 2.05) is 0 Å². The molecule has 0 aliphatic heterocycles. The van der Waals surface area contributed by atoms with E-state index in [0.717, 1.165) is 19.4 Å². The van der Waals surface area contributed by atoms with Crippen molar-refractivity contribution in [3.05, 3.63) is 28.8 Å². The highest BCUT2D eigenvalue weighted by Gasteiger charge is 2.42. The summed E-state index contributed by atoms with van der Waals surface area (Å²) in [5.74, 6) is 0. The van der Waals surface area contributed by atoms with Crippen molar-refractivity contribution in [2.24, 2.45) is 5.41 Å². The van der Waals surface area contributed by atoms with E-state index >= 15 is 0 Å². The Hall–Kier alpha value is -1.49. The lowest BCUT2D eigenvalue weighted by Crippen LogP contribution is -2.16. The SMILES string of the molecule is Cc1cc(C(C)(C)C)cc(C)c1NCC1(C#N)CC1. The summed E-state index contributed by atoms with van der Waals surface area (Å²) in [5.41, 5.74) is 5.21. The standard InChI is InChI=1S/C17H24N2/c1-12-8-14(16(3,4)5)9-13(2)15(12)19-11-17(10-18)6-7-17/h8-9,19H,6-7,11H2,1-5H3. The molecule has 1 aromatic carbocycles. The molecule has 1 N–H and O–H groups in total. The normalized spacial score (nSPS) is 16.8. The van der Waals surface area contributed by atoms with Gasteiger partial charge in [-0.05, 0) is 48.8 Å². The van der Waals surface area contributed by atoms with E-state index in [0.29, 0.717) is 0 Å². The first-order valence-corrected chi connectivity index (χ1v) is 7.04. The average Bonchev–Trinajstić information content (AvgIpc) is 3.07. The third kappa shape index (κ3) is 2.92. The molecule has 0 saturated heterocycles. The number of hydrogen-bond acceptors (Lipinski definition) is 2. The van der Waals surface area contributed by atoms with Gasteiger partial charge in [0.25, 0.3) is 0 Å². The fourth-order valence-corrected chi connectivity index (χ4v) is 2.41. The summed E-state index contributed by atoms with van der Waals surface area (Å²) in [6.07, 6.45) is 2.07. The second kappa shape index (κ2) is 4.56. The van der Waals surface area contributed by atoms with E-state index < -0.39 is 0 Å². The summed E-state index contributed by atoms with van der Waals surface area (Å²) in [5, 5.41) is 12.6. The van der Waals surface area contributed by atoms with Gasteiger partial charge in [0.2, 0.25) is 0 Å². The van der Waals surface area contributed by atoms with Gasteiger partial charge < -0.3 is 5.32 Å². The van der Waals surface area contributed by atoms with E-state index in [1.165, 1.54) is 22.4 Å². The van der Waals surface area contributed by atoms with Crippen LogP contribution in [-0.2, 0) is 5.41 Å². The molecule has 102 valence electrons. The first-order valence-electron chi connectivity index (χ1n) is 7.04. The molecule has 0 spiro atoms. The van der Waals surface area contributed by atoms with Crippen molar-refractivity contribution in [2.45, 2.75) is 52.9 Å². The smallest absolute Gasteiger partial charge is 0.0747 e. The summed E-state index contributed by atoms with van der Waals surface area (Å²) < 4.78 is 0. The van der Waals surface area contributed by atoms with Crippen LogP contribution in [0, 0.1) is 30.6 Å². The van der Waals surface area contributed by atoms with Crippen LogP contribution in [0.2, 0.25) is 0 Å². The van der Waals surface area contributed by atoms with Crippen LogP contribution in [0.5, 0.6) is 0 Å². The maximum Gasteiger partial charge on any atom is 0.0747 e. The molecular formula is C17H24N2. The zero-order valence-corrected chi connectivity index (χ0v) is 12.7. The molecule has 1 aromatic rings. The topological polar surface area (TPSA) is 35.8 Å². The molecular weight excluding hydrogens is 232 g/mol. The molecule has 19 heavy (non-hydrogen) atoms. The maximum absolute atomic E-state index is 9.13. The molecule has 0 aromatic heterocycles. The third-order valence-electron chi connectivity index (χ3n) is 4.09. The van der Waals surface area contributed by atoms with E-state index in [9.17, 15) is 0 Å². The number of nitriles is 1. The molecule has 0 radical (unpaired) electrons. The number of nitrogens with zero attached hydrogens (tertiary/aromatic N) is 1. The molecule has 2 nitrogen and oxygen atoms in total. The molecule has 2 rings (SSSR count). The van der Waals surface area contributed by atoms with Crippen molar-refractivity contribution >= 4 is 5.69 Å². The first-order chi connectivity index (χ1) is 8.77. The molecule has 0 bridgehead atoms. The number of anilines is 1. The van der Waals surface area contributed by atoms with Crippen LogP contribution < -0.4 is 5.32 Å². The fourth-order valence-electron chi connectivity index (χ4n) is 2.41. The van der Waals surface area contributed by atoms with Crippen LogP contribution in [0.15, 0.2) is 12.1 Å². The third-order valence-corrected chi connectivity index (χ3v) is 4.09. The quantitative estimate of drug-likeness (QED) is 0.874. The second-order valence-corrected chi connectivity index (χ2v) is 6.98. The molecule has 2 heteroatoms. The van der Waals surface area contributed by atoms with Crippen LogP contribution in [-0.4, -0.2) is 6.54 Å². The van der Waals surface area contributed by atoms with E-state index in [2.05, 4.69) is 58.1 Å². The van der Waals surface area contributed by atoms with E-state index in [4.69, 9.17) is 5.26 Å². The van der Waals surface area contributed by atoms with Crippen LogP contribution in [0.3, 0.4) is 0 Å². The van der Waals surface area contributed by atoms with Crippen LogP contribution >= 0.6 is 0 Å². The summed E-state index contributed by atoms with van der Waals surface area (Å²) >= 11 is 0. The van der Waals surface area contributed by atoms with Gasteiger partial charge in [0.05, 0.1) is 11.5 Å². The highest BCUT2D eigenvalue weighted by Crippen LogP contribution is 2.45. The van der Waals surface area contributed by atoms with Crippen molar-refractivity contribution in [2.75, 3.05) is 11.9 Å². The van der Waals surface area contributed by atoms with Gasteiger partial charge in [0.1, 0.15) is 0 Å². The molecule has 0 unspecified atom stereocenters.